The number of allylic oxidation sites excluding steroid dienone is 1. The molecule has 1 saturated heterocycles. The van der Waals surface area contributed by atoms with Gasteiger partial charge in [0.15, 0.2) is 0 Å². The first-order valence-corrected chi connectivity index (χ1v) is 7.00. The third-order valence-electron chi connectivity index (χ3n) is 2.86. The molecule has 6 heteroatoms. The van der Waals surface area contributed by atoms with Gasteiger partial charge >= 0.3 is 5.97 Å². The summed E-state index contributed by atoms with van der Waals surface area (Å²) in [7, 11) is 0. The van der Waals surface area contributed by atoms with Crippen LogP contribution >= 0.6 is 12.6 Å². The summed E-state index contributed by atoms with van der Waals surface area (Å²) in [6, 6.07) is 1.88. The number of thiol groups is 1. The van der Waals surface area contributed by atoms with Crippen LogP contribution in [0.15, 0.2) is 18.0 Å². The number of carbonyl (C=O) groups excluding carboxylic acids is 1. The topological polar surface area (TPSA) is 56.1 Å². The van der Waals surface area contributed by atoms with E-state index in [0.29, 0.717) is 11.9 Å². The minimum absolute atomic E-state index is 0.152. The third-order valence-corrected chi connectivity index (χ3v) is 3.31. The van der Waals surface area contributed by atoms with Crippen LogP contribution in [-0.2, 0) is 16.1 Å². The summed E-state index contributed by atoms with van der Waals surface area (Å²) in [5.41, 5.74) is 1.99. The zero-order chi connectivity index (χ0) is 13.7. The summed E-state index contributed by atoms with van der Waals surface area (Å²) in [5, 5.41) is 8.08. The number of hydrogen-bond acceptors (Lipinski definition) is 5. The van der Waals surface area contributed by atoms with Gasteiger partial charge in [0.05, 0.1) is 12.3 Å². The number of esters is 1. The maximum atomic E-state index is 11.3. The van der Waals surface area contributed by atoms with E-state index < -0.39 is 0 Å². The Morgan fingerprint density at radius 1 is 1.74 bits per heavy atom. The fourth-order valence-corrected chi connectivity index (χ4v) is 2.32. The summed E-state index contributed by atoms with van der Waals surface area (Å²) >= 11 is 4.49. The van der Waals surface area contributed by atoms with Crippen LogP contribution in [0.2, 0.25) is 0 Å². The molecule has 0 aliphatic carbocycles. The molecule has 1 fully saturated rings. The Balaban J connectivity index is 1.96. The van der Waals surface area contributed by atoms with Crippen LogP contribution < -0.4 is 5.32 Å². The molecule has 19 heavy (non-hydrogen) atoms. The van der Waals surface area contributed by atoms with Crippen molar-refractivity contribution in [2.45, 2.75) is 31.6 Å². The number of nitrogens with zero attached hydrogens (tertiary/aromatic N) is 2. The van der Waals surface area contributed by atoms with E-state index in [1.807, 2.05) is 12.1 Å². The molecule has 2 heterocycles. The van der Waals surface area contributed by atoms with Gasteiger partial charge in [0, 0.05) is 23.7 Å². The van der Waals surface area contributed by atoms with Crippen molar-refractivity contribution in [1.82, 2.24) is 15.1 Å². The van der Waals surface area contributed by atoms with Crippen molar-refractivity contribution in [3.05, 3.63) is 23.7 Å². The molecule has 5 nitrogen and oxygen atoms in total. The number of ether oxygens (including phenoxy) is 1. The molecule has 0 saturated carbocycles. The third kappa shape index (κ3) is 4.31. The molecule has 1 N–H and O–H groups in total. The summed E-state index contributed by atoms with van der Waals surface area (Å²) in [6.07, 6.45) is 5.79. The first-order valence-electron chi connectivity index (χ1n) is 6.49. The van der Waals surface area contributed by atoms with Gasteiger partial charge in [0.2, 0.25) is 0 Å². The predicted molar refractivity (Wildman–Crippen MR) is 76.8 cm³/mol. The lowest BCUT2D eigenvalue weighted by Gasteiger charge is -2.21. The average Bonchev–Trinajstić information content (AvgIpc) is 2.76. The van der Waals surface area contributed by atoms with Crippen molar-refractivity contribution in [2.24, 2.45) is 0 Å². The smallest absolute Gasteiger partial charge is 0.327 e. The Kier molecular flexibility index (Phi) is 4.90. The normalized spacial score (nSPS) is 21.2. The second kappa shape index (κ2) is 6.65. The molecular weight excluding hydrogens is 262 g/mol. The van der Waals surface area contributed by atoms with E-state index in [1.165, 1.54) is 0 Å². The molecule has 0 amide bonds. The lowest BCUT2D eigenvalue weighted by molar-refractivity contribution is -0.144. The Hall–Kier alpha value is -1.43. The van der Waals surface area contributed by atoms with Crippen LogP contribution in [0.1, 0.15) is 25.5 Å². The van der Waals surface area contributed by atoms with Gasteiger partial charge in [-0.2, -0.15) is 17.7 Å². The van der Waals surface area contributed by atoms with Gasteiger partial charge in [-0.1, -0.05) is 0 Å². The maximum absolute atomic E-state index is 11.3. The molecule has 1 unspecified atom stereocenters. The van der Waals surface area contributed by atoms with E-state index >= 15 is 0 Å². The van der Waals surface area contributed by atoms with Crippen molar-refractivity contribution in [3.63, 3.8) is 0 Å². The lowest BCUT2D eigenvalue weighted by Crippen LogP contribution is -2.26. The number of nitrogens with one attached hydrogen (secondary N) is 1. The summed E-state index contributed by atoms with van der Waals surface area (Å²) in [4.78, 5) is 11.3. The first kappa shape index (κ1) is 14.0. The summed E-state index contributed by atoms with van der Waals surface area (Å²) in [6.45, 7) is 3.28. The quantitative estimate of drug-likeness (QED) is 0.648. The predicted octanol–water partition coefficient (Wildman–Crippen LogP) is 1.47. The number of piperidine rings is 1. The van der Waals surface area contributed by atoms with Crippen molar-refractivity contribution >= 4 is 24.7 Å². The molecule has 0 aromatic carbocycles. The molecule has 0 bridgehead atoms. The molecule has 1 atom stereocenters. The van der Waals surface area contributed by atoms with E-state index in [-0.39, 0.29) is 12.5 Å². The minimum atomic E-state index is -0.268. The van der Waals surface area contributed by atoms with Gasteiger partial charge in [-0.05, 0) is 31.9 Å². The van der Waals surface area contributed by atoms with Gasteiger partial charge in [-0.15, -0.1) is 0 Å². The highest BCUT2D eigenvalue weighted by atomic mass is 32.1. The van der Waals surface area contributed by atoms with Crippen LogP contribution in [-0.4, -0.2) is 34.2 Å². The Labute approximate surface area is 118 Å². The minimum Gasteiger partial charge on any atom is -0.465 e. The van der Waals surface area contributed by atoms with Gasteiger partial charge in [-0.3, -0.25) is 9.48 Å². The van der Waals surface area contributed by atoms with Crippen molar-refractivity contribution in [3.8, 4) is 0 Å². The highest BCUT2D eigenvalue weighted by Gasteiger charge is 2.13. The largest absolute Gasteiger partial charge is 0.465 e. The zero-order valence-electron chi connectivity index (χ0n) is 11.0. The Morgan fingerprint density at radius 2 is 2.58 bits per heavy atom. The SMILES string of the molecule is CCOC(=O)Cn1ccc(C=C2CC(S)CCN2)n1. The van der Waals surface area contributed by atoms with Gasteiger partial charge in [0.25, 0.3) is 0 Å². The molecule has 1 aromatic heterocycles. The van der Waals surface area contributed by atoms with Gasteiger partial charge in [0.1, 0.15) is 6.54 Å². The summed E-state index contributed by atoms with van der Waals surface area (Å²) in [5.74, 6) is -0.268. The van der Waals surface area contributed by atoms with E-state index in [0.717, 1.165) is 30.8 Å². The molecule has 2 rings (SSSR count). The van der Waals surface area contributed by atoms with Crippen molar-refractivity contribution < 1.29 is 9.53 Å². The first-order chi connectivity index (χ1) is 9.17. The molecule has 0 spiro atoms. The number of hydrogen-bond donors (Lipinski definition) is 2. The zero-order valence-corrected chi connectivity index (χ0v) is 11.9. The van der Waals surface area contributed by atoms with Gasteiger partial charge in [-0.25, -0.2) is 0 Å². The van der Waals surface area contributed by atoms with Crippen LogP contribution in [0.3, 0.4) is 0 Å². The van der Waals surface area contributed by atoms with Crippen LogP contribution in [0.25, 0.3) is 6.08 Å². The lowest BCUT2D eigenvalue weighted by atomic mass is 10.1. The second-order valence-corrected chi connectivity index (χ2v) is 5.22. The van der Waals surface area contributed by atoms with Crippen LogP contribution in [0.4, 0.5) is 0 Å². The van der Waals surface area contributed by atoms with E-state index in [9.17, 15) is 4.79 Å². The van der Waals surface area contributed by atoms with Crippen molar-refractivity contribution in [2.75, 3.05) is 13.2 Å². The highest BCUT2D eigenvalue weighted by Crippen LogP contribution is 2.18. The van der Waals surface area contributed by atoms with E-state index in [4.69, 9.17) is 4.74 Å². The van der Waals surface area contributed by atoms with Gasteiger partial charge < -0.3 is 10.1 Å². The maximum Gasteiger partial charge on any atom is 0.327 e. The van der Waals surface area contributed by atoms with Crippen LogP contribution in [0.5, 0.6) is 0 Å². The van der Waals surface area contributed by atoms with E-state index in [1.54, 1.807) is 17.8 Å². The van der Waals surface area contributed by atoms with Crippen LogP contribution in [0, 0.1) is 0 Å². The Bertz CT molecular complexity index is 470. The fraction of sp³-hybridized carbons (Fsp3) is 0.538. The number of aromatic nitrogens is 2. The van der Waals surface area contributed by atoms with E-state index in [2.05, 4.69) is 23.0 Å². The van der Waals surface area contributed by atoms with Crippen molar-refractivity contribution in [1.29, 1.82) is 0 Å². The number of rotatable bonds is 4. The molecule has 1 aliphatic heterocycles. The second-order valence-electron chi connectivity index (χ2n) is 4.49. The fourth-order valence-electron chi connectivity index (χ4n) is 2.00. The number of carbonyl (C=O) groups is 1. The molecule has 104 valence electrons. The molecule has 1 aliphatic rings. The average molecular weight is 281 g/mol. The standard InChI is InChI=1S/C13H19N3O2S/c1-2-18-13(17)9-16-6-4-10(15-16)7-11-8-12(19)3-5-14-11/h4,6-7,12,14,19H,2-3,5,8-9H2,1H3. The Morgan fingerprint density at radius 3 is 3.32 bits per heavy atom. The highest BCUT2D eigenvalue weighted by molar-refractivity contribution is 7.80. The monoisotopic (exact) mass is 281 g/mol. The summed E-state index contributed by atoms with van der Waals surface area (Å²) < 4.78 is 6.47. The molecule has 0 radical (unpaired) electrons. The molecular formula is C13H19N3O2S. The molecule has 1 aromatic rings.